The zero-order chi connectivity index (χ0) is 7.82. The minimum atomic E-state index is 0.817. The predicted molar refractivity (Wildman–Crippen MR) is 46.3 cm³/mol. The van der Waals surface area contributed by atoms with Crippen molar-refractivity contribution in [2.24, 2.45) is 0 Å². The Labute approximate surface area is 63.0 Å². The summed E-state index contributed by atoms with van der Waals surface area (Å²) in [5.41, 5.74) is 0. The van der Waals surface area contributed by atoms with Gasteiger partial charge in [-0.3, -0.25) is 0 Å². The van der Waals surface area contributed by atoms with Gasteiger partial charge >= 0.3 is 0 Å². The lowest BCUT2D eigenvalue weighted by atomic mass is 10.6. The van der Waals surface area contributed by atoms with E-state index >= 15 is 0 Å². The van der Waals surface area contributed by atoms with E-state index in [0.29, 0.717) is 0 Å². The van der Waals surface area contributed by atoms with E-state index in [-0.39, 0.29) is 0 Å². The Morgan fingerprint density at radius 3 is 1.30 bits per heavy atom. The maximum absolute atomic E-state index is 3.63. The van der Waals surface area contributed by atoms with Crippen LogP contribution in [0.4, 0.5) is 0 Å². The van der Waals surface area contributed by atoms with Crippen LogP contribution in [0.1, 0.15) is 0 Å². The average Bonchev–Trinajstić information content (AvgIpc) is 1.90. The first-order valence-corrected chi connectivity index (χ1v) is 3.32. The van der Waals surface area contributed by atoms with Gasteiger partial charge in [0.05, 0.1) is 0 Å². The molecular weight excluding hydrogens is 124 g/mol. The van der Waals surface area contributed by atoms with Crippen molar-refractivity contribution < 1.29 is 4.37 Å². The summed E-state index contributed by atoms with van der Waals surface area (Å²) in [4.78, 5) is 0. The molecule has 0 aromatic carbocycles. The molecule has 0 fully saturated rings. The zero-order valence-electron chi connectivity index (χ0n) is 6.38. The van der Waals surface area contributed by atoms with Crippen LogP contribution in [0.5, 0.6) is 0 Å². The molecule has 0 atom stereocenters. The van der Waals surface area contributed by atoms with E-state index in [0.717, 1.165) is 19.8 Å². The van der Waals surface area contributed by atoms with Crippen LogP contribution < -0.4 is 0 Å². The van der Waals surface area contributed by atoms with Crippen LogP contribution in [0.2, 0.25) is 0 Å². The van der Waals surface area contributed by atoms with E-state index in [1.165, 1.54) is 0 Å². The van der Waals surface area contributed by atoms with Crippen molar-refractivity contribution in [3.05, 3.63) is 38.0 Å². The van der Waals surface area contributed by atoms with E-state index in [4.69, 9.17) is 0 Å². The van der Waals surface area contributed by atoms with Gasteiger partial charge in [0.2, 0.25) is 0 Å². The first kappa shape index (κ1) is 9.18. The van der Waals surface area contributed by atoms with E-state index in [1.807, 2.05) is 18.2 Å². The molecule has 0 spiro atoms. The quantitative estimate of drug-likeness (QED) is 0.391. The molecule has 1 heteroatoms. The summed E-state index contributed by atoms with van der Waals surface area (Å²) in [6, 6.07) is 0. The molecule has 0 N–H and O–H groups in total. The Bertz CT molecular complexity index is 92.1. The number of hydrogen-bond acceptors (Lipinski definition) is 0. The summed E-state index contributed by atoms with van der Waals surface area (Å²) in [7, 11) is 0. The smallest absolute Gasteiger partial charge is 0.165 e. The molecule has 0 amide bonds. The minimum Gasteiger partial charge on any atom is -0.413 e. The topological polar surface area (TPSA) is 2.70 Å². The Morgan fingerprint density at radius 2 is 1.10 bits per heavy atom. The molecule has 0 heterocycles. The zero-order valence-corrected chi connectivity index (χ0v) is 6.38. The fraction of sp³-hybridized carbons (Fsp3) is 0.333. The van der Waals surface area contributed by atoms with Crippen molar-refractivity contribution >= 4 is 0 Å². The highest BCUT2D eigenvalue weighted by Crippen LogP contribution is 1.95. The van der Waals surface area contributed by atoms with Crippen molar-refractivity contribution in [3.8, 4) is 0 Å². The van der Waals surface area contributed by atoms with Gasteiger partial charge in [-0.05, 0) is 18.2 Å². The van der Waals surface area contributed by atoms with Crippen LogP contribution in [0.3, 0.4) is 0 Å². The van der Waals surface area contributed by atoms with Crippen LogP contribution >= 0.6 is 0 Å². The van der Waals surface area contributed by atoms with E-state index in [2.05, 4.69) is 24.1 Å². The minimum absolute atomic E-state index is 0.817. The van der Waals surface area contributed by atoms with Crippen molar-refractivity contribution in [2.75, 3.05) is 19.8 Å². The molecule has 0 rings (SSSR count). The lowest BCUT2D eigenvalue weighted by molar-refractivity contribution is -0.0889. The third kappa shape index (κ3) is 4.10. The number of hydrogen-bond donors (Lipinski definition) is 0. The van der Waals surface area contributed by atoms with Gasteiger partial charge in [0, 0.05) is 0 Å². The normalized spacial score (nSPS) is 9.30. The highest BCUT2D eigenvalue weighted by molar-refractivity contribution is 4.76. The molecule has 1 nitrogen and oxygen atoms in total. The molecule has 0 aliphatic rings. The van der Waals surface area contributed by atoms with Crippen LogP contribution in [0, 0.1) is 0 Å². The summed E-state index contributed by atoms with van der Waals surface area (Å²) in [6.45, 7) is 13.4. The van der Waals surface area contributed by atoms with Gasteiger partial charge in [-0.25, -0.2) is 0 Å². The second kappa shape index (κ2) is 6.30. The van der Waals surface area contributed by atoms with E-state index in [9.17, 15) is 0 Å². The monoisotopic (exact) mass is 139 g/mol. The van der Waals surface area contributed by atoms with Crippen LogP contribution in [0.15, 0.2) is 38.0 Å². The summed E-state index contributed by atoms with van der Waals surface area (Å²) in [5.74, 6) is 0. The van der Waals surface area contributed by atoms with E-state index < -0.39 is 0 Å². The van der Waals surface area contributed by atoms with Gasteiger partial charge in [-0.2, -0.15) is 0 Å². The molecule has 0 bridgehead atoms. The first-order chi connectivity index (χ1) is 4.85. The molecule has 0 aromatic heterocycles. The lowest BCUT2D eigenvalue weighted by Crippen LogP contribution is -2.14. The maximum atomic E-state index is 3.63. The van der Waals surface area contributed by atoms with Gasteiger partial charge in [0.1, 0.15) is 0 Å². The maximum Gasteiger partial charge on any atom is 0.165 e. The predicted octanol–water partition coefficient (Wildman–Crippen LogP) is 2.10. The summed E-state index contributed by atoms with van der Waals surface area (Å²) in [5, 5.41) is 0. The molecule has 56 valence electrons. The van der Waals surface area contributed by atoms with Crippen molar-refractivity contribution in [3.63, 3.8) is 0 Å². The third-order valence-electron chi connectivity index (χ3n) is 1.06. The summed E-state index contributed by atoms with van der Waals surface area (Å²) >= 11 is 0. The lowest BCUT2D eigenvalue weighted by Gasteiger charge is -2.12. The average molecular weight is 139 g/mol. The highest BCUT2D eigenvalue weighted by Gasteiger charge is 1.99. The fourth-order valence-electron chi connectivity index (χ4n) is 0.704. The molecule has 0 unspecified atom stereocenters. The fourth-order valence-corrected chi connectivity index (χ4v) is 0.704. The molecule has 0 aliphatic heterocycles. The van der Waals surface area contributed by atoms with Crippen LogP contribution in [0.25, 0.3) is 0 Å². The molecule has 0 radical (unpaired) electrons. The molecule has 0 saturated heterocycles. The van der Waals surface area contributed by atoms with Gasteiger partial charge in [0.25, 0.3) is 0 Å². The standard InChI is InChI=1S/C9H15O/c1-4-7-10(8-5-2)9-6-3/h4-6H,1-3,7-9H2/q+1. The number of rotatable bonds is 6. The van der Waals surface area contributed by atoms with Gasteiger partial charge in [-0.1, -0.05) is 19.7 Å². The van der Waals surface area contributed by atoms with Gasteiger partial charge in [0.15, 0.2) is 19.8 Å². The SMILES string of the molecule is C=CC[O+](CC=C)CC=C. The molecule has 10 heavy (non-hydrogen) atoms. The first-order valence-electron chi connectivity index (χ1n) is 3.32. The second-order valence-corrected chi connectivity index (χ2v) is 1.98. The summed E-state index contributed by atoms with van der Waals surface area (Å²) < 4.78 is 2.94. The molecule has 0 saturated carbocycles. The Morgan fingerprint density at radius 1 is 0.800 bits per heavy atom. The van der Waals surface area contributed by atoms with Crippen LogP contribution in [-0.4, -0.2) is 19.8 Å². The van der Waals surface area contributed by atoms with E-state index in [1.54, 1.807) is 0 Å². The Hall–Kier alpha value is -0.820. The second-order valence-electron chi connectivity index (χ2n) is 1.98. The van der Waals surface area contributed by atoms with Crippen molar-refractivity contribution in [1.82, 2.24) is 0 Å². The highest BCUT2D eigenvalue weighted by atomic mass is 16.7. The van der Waals surface area contributed by atoms with Crippen LogP contribution in [-0.2, 0) is 4.37 Å². The third-order valence-corrected chi connectivity index (χ3v) is 1.06. The molecular formula is C9H15O+. The van der Waals surface area contributed by atoms with Gasteiger partial charge in [-0.15, -0.1) is 0 Å². The molecule has 0 aromatic rings. The molecule has 0 aliphatic carbocycles. The Balaban J connectivity index is 3.58. The van der Waals surface area contributed by atoms with Gasteiger partial charge < -0.3 is 4.37 Å². The largest absolute Gasteiger partial charge is 0.413 e. The van der Waals surface area contributed by atoms with Crippen molar-refractivity contribution in [2.45, 2.75) is 0 Å². The Kier molecular flexibility index (Phi) is 5.79. The summed E-state index contributed by atoms with van der Waals surface area (Å²) in [6.07, 6.45) is 5.53. The van der Waals surface area contributed by atoms with Crippen molar-refractivity contribution in [1.29, 1.82) is 0 Å².